The van der Waals surface area contributed by atoms with Crippen molar-refractivity contribution in [2.24, 2.45) is 0 Å². The number of nitrogens with one attached hydrogen (secondary N) is 1. The van der Waals surface area contributed by atoms with Crippen molar-refractivity contribution in [2.45, 2.75) is 24.3 Å². The van der Waals surface area contributed by atoms with Gasteiger partial charge in [0.05, 0.1) is 29.5 Å². The number of hydrogen-bond acceptors (Lipinski definition) is 4. The molecule has 2 atom stereocenters. The van der Waals surface area contributed by atoms with Gasteiger partial charge in [0.2, 0.25) is 10.0 Å². The fourth-order valence-corrected chi connectivity index (χ4v) is 4.27. The number of aliphatic hydroxyl groups excluding tert-OH is 1. The number of sulfonamides is 1. The van der Waals surface area contributed by atoms with E-state index in [1.54, 1.807) is 24.3 Å². The molecule has 2 N–H and O–H groups in total. The van der Waals surface area contributed by atoms with Crippen molar-refractivity contribution in [3.05, 3.63) is 70.8 Å². The Morgan fingerprint density at radius 2 is 2.00 bits per heavy atom. The number of hydrogen-bond donors (Lipinski definition) is 2. The number of benzene rings is 2. The van der Waals surface area contributed by atoms with E-state index in [1.165, 1.54) is 0 Å². The van der Waals surface area contributed by atoms with Crippen LogP contribution in [0, 0.1) is 11.3 Å². The first-order chi connectivity index (χ1) is 11.0. The number of nitriles is 1. The van der Waals surface area contributed by atoms with E-state index in [1.807, 2.05) is 30.3 Å². The second-order valence-electron chi connectivity index (χ2n) is 5.64. The Bertz CT molecular complexity index is 871. The van der Waals surface area contributed by atoms with Crippen LogP contribution in [0.15, 0.2) is 48.5 Å². The molecule has 0 radical (unpaired) electrons. The van der Waals surface area contributed by atoms with Gasteiger partial charge in [-0.25, -0.2) is 13.1 Å². The van der Waals surface area contributed by atoms with E-state index in [9.17, 15) is 13.5 Å². The largest absolute Gasteiger partial charge is 0.391 e. The van der Waals surface area contributed by atoms with Gasteiger partial charge < -0.3 is 5.11 Å². The van der Waals surface area contributed by atoms with Crippen LogP contribution in [0.3, 0.4) is 0 Å². The zero-order valence-electron chi connectivity index (χ0n) is 12.3. The summed E-state index contributed by atoms with van der Waals surface area (Å²) >= 11 is 0. The topological polar surface area (TPSA) is 90.2 Å². The Labute approximate surface area is 135 Å². The number of fused-ring (bicyclic) bond motifs is 1. The highest BCUT2D eigenvalue weighted by molar-refractivity contribution is 7.88. The van der Waals surface area contributed by atoms with Crippen LogP contribution in [0.2, 0.25) is 0 Å². The summed E-state index contributed by atoms with van der Waals surface area (Å²) in [6.07, 6.45) is -0.333. The summed E-state index contributed by atoms with van der Waals surface area (Å²) in [5, 5.41) is 19.0. The molecule has 0 unspecified atom stereocenters. The van der Waals surface area contributed by atoms with E-state index >= 15 is 0 Å². The molecule has 2 aromatic carbocycles. The normalized spacial score (nSPS) is 20.0. The molecule has 3 rings (SSSR count). The molecule has 6 heteroatoms. The summed E-state index contributed by atoms with van der Waals surface area (Å²) in [4.78, 5) is 0. The first-order valence-electron chi connectivity index (χ1n) is 7.23. The van der Waals surface area contributed by atoms with Crippen molar-refractivity contribution < 1.29 is 13.5 Å². The fourth-order valence-electron chi connectivity index (χ4n) is 2.90. The van der Waals surface area contributed by atoms with Crippen LogP contribution in [-0.2, 0) is 22.2 Å². The van der Waals surface area contributed by atoms with Crippen LogP contribution in [0.5, 0.6) is 0 Å². The summed E-state index contributed by atoms with van der Waals surface area (Å²) in [7, 11) is -3.64. The molecule has 1 aliphatic carbocycles. The van der Waals surface area contributed by atoms with Crippen LogP contribution < -0.4 is 4.72 Å². The summed E-state index contributed by atoms with van der Waals surface area (Å²) in [6, 6.07) is 15.3. The zero-order chi connectivity index (χ0) is 16.4. The molecule has 1 aliphatic rings. The van der Waals surface area contributed by atoms with Crippen molar-refractivity contribution in [1.82, 2.24) is 4.72 Å². The Hall–Kier alpha value is -2.20. The molecule has 0 saturated heterocycles. The summed E-state index contributed by atoms with van der Waals surface area (Å²) in [6.45, 7) is 0. The second-order valence-corrected chi connectivity index (χ2v) is 7.39. The lowest BCUT2D eigenvalue weighted by molar-refractivity contribution is 0.151. The van der Waals surface area contributed by atoms with Crippen molar-refractivity contribution in [1.29, 1.82) is 5.26 Å². The minimum absolute atomic E-state index is 0.228. The van der Waals surface area contributed by atoms with Gasteiger partial charge in [0, 0.05) is 6.42 Å². The van der Waals surface area contributed by atoms with Crippen molar-refractivity contribution in [3.63, 3.8) is 0 Å². The van der Waals surface area contributed by atoms with E-state index in [0.717, 1.165) is 11.1 Å². The molecular formula is C17H16N2O3S. The fraction of sp³-hybridized carbons (Fsp3) is 0.235. The molecule has 0 aromatic heterocycles. The molecule has 0 amide bonds. The van der Waals surface area contributed by atoms with Crippen molar-refractivity contribution >= 4 is 10.0 Å². The van der Waals surface area contributed by atoms with E-state index < -0.39 is 22.2 Å². The highest BCUT2D eigenvalue weighted by Crippen LogP contribution is 2.32. The number of aliphatic hydroxyl groups is 1. The Morgan fingerprint density at radius 1 is 1.22 bits per heavy atom. The third kappa shape index (κ3) is 3.42. The van der Waals surface area contributed by atoms with E-state index in [4.69, 9.17) is 5.26 Å². The van der Waals surface area contributed by atoms with Crippen molar-refractivity contribution in [3.8, 4) is 6.07 Å². The van der Waals surface area contributed by atoms with Gasteiger partial charge in [0.25, 0.3) is 0 Å². The quantitative estimate of drug-likeness (QED) is 0.892. The molecule has 2 aromatic rings. The Balaban J connectivity index is 1.80. The molecular weight excluding hydrogens is 312 g/mol. The Kier molecular flexibility index (Phi) is 4.18. The standard InChI is InChI=1S/C17H16N2O3S/c18-10-12-4-3-5-13(8-12)11-23(21,22)19-17-15-7-2-1-6-14(15)9-16(17)20/h1-8,16-17,19-20H,9,11H2/t16-,17+/m1/s1. The van der Waals surface area contributed by atoms with Gasteiger partial charge >= 0.3 is 0 Å². The third-order valence-corrected chi connectivity index (χ3v) is 5.25. The van der Waals surface area contributed by atoms with Crippen LogP contribution in [0.25, 0.3) is 0 Å². The second kappa shape index (κ2) is 6.13. The molecule has 5 nitrogen and oxygen atoms in total. The number of rotatable bonds is 4. The molecule has 0 spiro atoms. The van der Waals surface area contributed by atoms with Crippen LogP contribution in [-0.4, -0.2) is 19.6 Å². The van der Waals surface area contributed by atoms with Gasteiger partial charge in [0.1, 0.15) is 0 Å². The minimum atomic E-state index is -3.64. The van der Waals surface area contributed by atoms with Crippen molar-refractivity contribution in [2.75, 3.05) is 0 Å². The molecule has 0 heterocycles. The van der Waals surface area contributed by atoms with E-state index in [-0.39, 0.29) is 5.75 Å². The lowest BCUT2D eigenvalue weighted by Gasteiger charge is -2.18. The van der Waals surface area contributed by atoms with Crippen LogP contribution in [0.4, 0.5) is 0 Å². The summed E-state index contributed by atoms with van der Waals surface area (Å²) in [5.74, 6) is -0.228. The highest BCUT2D eigenvalue weighted by Gasteiger charge is 2.33. The van der Waals surface area contributed by atoms with Gasteiger partial charge in [-0.2, -0.15) is 5.26 Å². The molecule has 0 bridgehead atoms. The average molecular weight is 328 g/mol. The van der Waals surface area contributed by atoms with E-state index in [0.29, 0.717) is 17.5 Å². The maximum Gasteiger partial charge on any atom is 0.216 e. The number of nitrogens with zero attached hydrogens (tertiary/aromatic N) is 1. The summed E-state index contributed by atoms with van der Waals surface area (Å²) < 4.78 is 27.4. The van der Waals surface area contributed by atoms with Gasteiger partial charge in [-0.1, -0.05) is 36.4 Å². The maximum atomic E-state index is 12.4. The monoisotopic (exact) mass is 328 g/mol. The van der Waals surface area contributed by atoms with Gasteiger partial charge in [-0.3, -0.25) is 0 Å². The zero-order valence-corrected chi connectivity index (χ0v) is 13.1. The summed E-state index contributed by atoms with van der Waals surface area (Å²) in [5.41, 5.74) is 2.73. The maximum absolute atomic E-state index is 12.4. The molecule has 118 valence electrons. The smallest absolute Gasteiger partial charge is 0.216 e. The lowest BCUT2D eigenvalue weighted by Crippen LogP contribution is -2.34. The molecule has 0 fully saturated rings. The van der Waals surface area contributed by atoms with Gasteiger partial charge in [-0.15, -0.1) is 0 Å². The Morgan fingerprint density at radius 3 is 2.78 bits per heavy atom. The van der Waals surface area contributed by atoms with E-state index in [2.05, 4.69) is 4.72 Å². The van der Waals surface area contributed by atoms with Crippen LogP contribution in [0.1, 0.15) is 28.3 Å². The molecule has 0 aliphatic heterocycles. The molecule has 23 heavy (non-hydrogen) atoms. The highest BCUT2D eigenvalue weighted by atomic mass is 32.2. The predicted molar refractivity (Wildman–Crippen MR) is 85.8 cm³/mol. The molecule has 0 saturated carbocycles. The predicted octanol–water partition coefficient (Wildman–Crippen LogP) is 1.64. The minimum Gasteiger partial charge on any atom is -0.391 e. The third-order valence-electron chi connectivity index (χ3n) is 3.92. The SMILES string of the molecule is N#Cc1cccc(CS(=O)(=O)N[C@H]2c3ccccc3C[C@H]2O)c1. The van der Waals surface area contributed by atoms with Gasteiger partial charge in [-0.05, 0) is 28.8 Å². The lowest BCUT2D eigenvalue weighted by atomic mass is 10.1. The van der Waals surface area contributed by atoms with Crippen LogP contribution >= 0.6 is 0 Å². The first kappa shape index (κ1) is 15.7. The average Bonchev–Trinajstić information content (AvgIpc) is 2.82. The first-order valence-corrected chi connectivity index (χ1v) is 8.88. The van der Waals surface area contributed by atoms with Gasteiger partial charge in [0.15, 0.2) is 0 Å².